The van der Waals surface area contributed by atoms with Crippen LogP contribution in [0.2, 0.25) is 0 Å². The molecule has 1 aromatic rings. The number of benzene rings is 1. The molecule has 13 heavy (non-hydrogen) atoms. The SMILES string of the molecule is CC(=N)C1COc2ccccc2O1. The van der Waals surface area contributed by atoms with Crippen molar-refractivity contribution in [2.45, 2.75) is 13.0 Å². The van der Waals surface area contributed by atoms with Crippen LogP contribution in [0.25, 0.3) is 0 Å². The van der Waals surface area contributed by atoms with E-state index in [1.807, 2.05) is 24.3 Å². The van der Waals surface area contributed by atoms with Crippen molar-refractivity contribution in [3.05, 3.63) is 24.3 Å². The summed E-state index contributed by atoms with van der Waals surface area (Å²) in [6.45, 7) is 2.16. The predicted octanol–water partition coefficient (Wildman–Crippen LogP) is 1.87. The molecule has 1 aromatic carbocycles. The summed E-state index contributed by atoms with van der Waals surface area (Å²) in [5, 5.41) is 7.43. The average molecular weight is 177 g/mol. The molecular formula is C10H11NO2. The Bertz CT molecular complexity index is 335. The third-order valence-electron chi connectivity index (χ3n) is 1.99. The normalized spacial score (nSPS) is 19.6. The van der Waals surface area contributed by atoms with Crippen molar-refractivity contribution in [2.24, 2.45) is 0 Å². The molecule has 0 radical (unpaired) electrons. The highest BCUT2D eigenvalue weighted by atomic mass is 16.6. The summed E-state index contributed by atoms with van der Waals surface area (Å²) in [6, 6.07) is 7.51. The molecule has 0 bridgehead atoms. The van der Waals surface area contributed by atoms with E-state index in [1.54, 1.807) is 6.92 Å². The van der Waals surface area contributed by atoms with E-state index >= 15 is 0 Å². The Hall–Kier alpha value is -1.51. The van der Waals surface area contributed by atoms with Gasteiger partial charge in [0.05, 0.1) is 0 Å². The fourth-order valence-electron chi connectivity index (χ4n) is 1.23. The van der Waals surface area contributed by atoms with E-state index in [4.69, 9.17) is 14.9 Å². The van der Waals surface area contributed by atoms with Gasteiger partial charge in [0.1, 0.15) is 6.61 Å². The maximum atomic E-state index is 7.43. The van der Waals surface area contributed by atoms with Crippen LogP contribution < -0.4 is 9.47 Å². The first kappa shape index (κ1) is 8.10. The van der Waals surface area contributed by atoms with Gasteiger partial charge in [-0.15, -0.1) is 0 Å². The number of rotatable bonds is 1. The highest BCUT2D eigenvalue weighted by Crippen LogP contribution is 2.30. The zero-order chi connectivity index (χ0) is 9.26. The van der Waals surface area contributed by atoms with Crippen LogP contribution >= 0.6 is 0 Å². The van der Waals surface area contributed by atoms with Crippen molar-refractivity contribution in [1.82, 2.24) is 0 Å². The molecule has 1 atom stereocenters. The summed E-state index contributed by atoms with van der Waals surface area (Å²) in [7, 11) is 0. The molecule has 0 saturated carbocycles. The van der Waals surface area contributed by atoms with Gasteiger partial charge in [-0.3, -0.25) is 0 Å². The van der Waals surface area contributed by atoms with Gasteiger partial charge in [0.15, 0.2) is 17.6 Å². The summed E-state index contributed by atoms with van der Waals surface area (Å²) in [5.74, 6) is 1.49. The van der Waals surface area contributed by atoms with Crippen LogP contribution in [0.1, 0.15) is 6.92 Å². The minimum atomic E-state index is -0.227. The fourth-order valence-corrected chi connectivity index (χ4v) is 1.23. The summed E-state index contributed by atoms with van der Waals surface area (Å²) in [4.78, 5) is 0. The fraction of sp³-hybridized carbons (Fsp3) is 0.300. The lowest BCUT2D eigenvalue weighted by molar-refractivity contribution is 0.134. The Morgan fingerprint density at radius 2 is 2.08 bits per heavy atom. The van der Waals surface area contributed by atoms with E-state index in [0.29, 0.717) is 12.3 Å². The molecule has 0 aromatic heterocycles. The number of nitrogens with one attached hydrogen (secondary N) is 1. The van der Waals surface area contributed by atoms with Crippen molar-refractivity contribution in [2.75, 3.05) is 6.61 Å². The topological polar surface area (TPSA) is 42.3 Å². The lowest BCUT2D eigenvalue weighted by atomic mass is 10.2. The second-order valence-electron chi connectivity index (χ2n) is 3.05. The first-order valence-electron chi connectivity index (χ1n) is 4.21. The van der Waals surface area contributed by atoms with Crippen molar-refractivity contribution in [1.29, 1.82) is 5.41 Å². The standard InChI is InChI=1S/C10H11NO2/c1-7(11)10-6-12-8-4-2-3-5-9(8)13-10/h2-5,10-11H,6H2,1H3. The van der Waals surface area contributed by atoms with Crippen molar-refractivity contribution in [3.8, 4) is 11.5 Å². The van der Waals surface area contributed by atoms with Crippen LogP contribution in [0.3, 0.4) is 0 Å². The molecule has 1 aliphatic heterocycles. The molecule has 0 amide bonds. The first-order valence-corrected chi connectivity index (χ1v) is 4.21. The maximum Gasteiger partial charge on any atom is 0.170 e. The predicted molar refractivity (Wildman–Crippen MR) is 49.8 cm³/mol. The lowest BCUT2D eigenvalue weighted by Crippen LogP contribution is -2.34. The molecule has 0 aliphatic carbocycles. The quantitative estimate of drug-likeness (QED) is 0.665. The van der Waals surface area contributed by atoms with Crippen LogP contribution in [-0.4, -0.2) is 18.4 Å². The summed E-state index contributed by atoms with van der Waals surface area (Å²) >= 11 is 0. The number of hydrogen-bond acceptors (Lipinski definition) is 3. The third kappa shape index (κ3) is 1.49. The van der Waals surface area contributed by atoms with Crippen LogP contribution in [-0.2, 0) is 0 Å². The Morgan fingerprint density at radius 1 is 1.38 bits per heavy atom. The van der Waals surface area contributed by atoms with Gasteiger partial charge < -0.3 is 14.9 Å². The molecule has 1 heterocycles. The van der Waals surface area contributed by atoms with Crippen molar-refractivity contribution >= 4 is 5.71 Å². The van der Waals surface area contributed by atoms with Gasteiger partial charge in [0.2, 0.25) is 0 Å². The maximum absolute atomic E-state index is 7.43. The van der Waals surface area contributed by atoms with Gasteiger partial charge in [0.25, 0.3) is 0 Å². The van der Waals surface area contributed by atoms with Crippen molar-refractivity contribution < 1.29 is 9.47 Å². The van der Waals surface area contributed by atoms with E-state index in [1.165, 1.54) is 0 Å². The molecule has 3 nitrogen and oxygen atoms in total. The van der Waals surface area contributed by atoms with Gasteiger partial charge in [-0.1, -0.05) is 12.1 Å². The minimum absolute atomic E-state index is 0.227. The van der Waals surface area contributed by atoms with E-state index in [2.05, 4.69) is 0 Å². The molecule has 3 heteroatoms. The molecule has 1 N–H and O–H groups in total. The first-order chi connectivity index (χ1) is 6.27. The van der Waals surface area contributed by atoms with Gasteiger partial charge in [0, 0.05) is 5.71 Å². The molecule has 1 unspecified atom stereocenters. The lowest BCUT2D eigenvalue weighted by Gasteiger charge is -2.25. The van der Waals surface area contributed by atoms with Crippen LogP contribution in [0.4, 0.5) is 0 Å². The number of para-hydroxylation sites is 2. The van der Waals surface area contributed by atoms with Crippen molar-refractivity contribution in [3.63, 3.8) is 0 Å². The molecular weight excluding hydrogens is 166 g/mol. The minimum Gasteiger partial charge on any atom is -0.485 e. The number of ether oxygens (including phenoxy) is 2. The van der Waals surface area contributed by atoms with E-state index in [9.17, 15) is 0 Å². The number of fused-ring (bicyclic) bond motifs is 1. The third-order valence-corrected chi connectivity index (χ3v) is 1.99. The van der Waals surface area contributed by atoms with Crippen LogP contribution in [0.15, 0.2) is 24.3 Å². The van der Waals surface area contributed by atoms with E-state index in [-0.39, 0.29) is 6.10 Å². The monoisotopic (exact) mass is 177 g/mol. The van der Waals surface area contributed by atoms with Gasteiger partial charge in [-0.2, -0.15) is 0 Å². The second kappa shape index (κ2) is 3.09. The molecule has 0 saturated heterocycles. The highest BCUT2D eigenvalue weighted by molar-refractivity contribution is 5.84. The molecule has 0 spiro atoms. The molecule has 68 valence electrons. The van der Waals surface area contributed by atoms with E-state index < -0.39 is 0 Å². The molecule has 0 fully saturated rings. The van der Waals surface area contributed by atoms with Crippen LogP contribution in [0, 0.1) is 5.41 Å². The number of hydrogen-bond donors (Lipinski definition) is 1. The van der Waals surface area contributed by atoms with Gasteiger partial charge in [-0.05, 0) is 19.1 Å². The Balaban J connectivity index is 2.24. The molecule has 2 rings (SSSR count). The average Bonchev–Trinajstić information content (AvgIpc) is 2.17. The van der Waals surface area contributed by atoms with Gasteiger partial charge in [-0.25, -0.2) is 0 Å². The van der Waals surface area contributed by atoms with Gasteiger partial charge >= 0.3 is 0 Å². The zero-order valence-corrected chi connectivity index (χ0v) is 7.41. The van der Waals surface area contributed by atoms with Crippen LogP contribution in [0.5, 0.6) is 11.5 Å². The largest absolute Gasteiger partial charge is 0.485 e. The molecule has 1 aliphatic rings. The zero-order valence-electron chi connectivity index (χ0n) is 7.41. The Labute approximate surface area is 76.8 Å². The smallest absolute Gasteiger partial charge is 0.170 e. The van der Waals surface area contributed by atoms with E-state index in [0.717, 1.165) is 11.5 Å². The summed E-state index contributed by atoms with van der Waals surface area (Å²) < 4.78 is 11.0. The second-order valence-corrected chi connectivity index (χ2v) is 3.05. The Kier molecular flexibility index (Phi) is 1.93. The summed E-state index contributed by atoms with van der Waals surface area (Å²) in [6.07, 6.45) is -0.227. The highest BCUT2D eigenvalue weighted by Gasteiger charge is 2.21. The summed E-state index contributed by atoms with van der Waals surface area (Å²) in [5.41, 5.74) is 0.495. The Morgan fingerprint density at radius 3 is 2.77 bits per heavy atom.